The van der Waals surface area contributed by atoms with Gasteiger partial charge in [-0.05, 0) is 17.9 Å². The molecule has 1 aliphatic rings. The van der Waals surface area contributed by atoms with Crippen molar-refractivity contribution in [1.29, 1.82) is 0 Å². The highest BCUT2D eigenvalue weighted by atomic mass is 16.1. The first-order valence-corrected chi connectivity index (χ1v) is 5.74. The summed E-state index contributed by atoms with van der Waals surface area (Å²) in [7, 11) is 0. The monoisotopic (exact) mass is 212 g/mol. The van der Waals surface area contributed by atoms with Crippen molar-refractivity contribution in [2.24, 2.45) is 5.92 Å². The summed E-state index contributed by atoms with van der Waals surface area (Å²) >= 11 is 0. The molecule has 1 aliphatic carbocycles. The van der Waals surface area contributed by atoms with Crippen LogP contribution in [0.5, 0.6) is 0 Å². The second-order valence-corrected chi connectivity index (χ2v) is 4.31. The Kier molecular flexibility index (Phi) is 3.35. The first kappa shape index (κ1) is 10.9. The van der Waals surface area contributed by atoms with E-state index in [4.69, 9.17) is 0 Å². The van der Waals surface area contributed by atoms with Gasteiger partial charge in [-0.1, -0.05) is 55.5 Å². The fourth-order valence-electron chi connectivity index (χ4n) is 1.88. The maximum atomic E-state index is 11.6. The van der Waals surface area contributed by atoms with Crippen LogP contribution in [0.4, 0.5) is 0 Å². The molecule has 0 fully saturated rings. The Bertz CT molecular complexity index is 426. The molecular weight excluding hydrogens is 196 g/mol. The smallest absolute Gasteiger partial charge is 0.162 e. The predicted octanol–water partition coefficient (Wildman–Crippen LogP) is 3.63. The van der Waals surface area contributed by atoms with Gasteiger partial charge in [0.05, 0.1) is 0 Å². The van der Waals surface area contributed by atoms with Crippen molar-refractivity contribution in [2.45, 2.75) is 19.8 Å². The number of hydrogen-bond donors (Lipinski definition) is 0. The number of carbonyl (C=O) groups excluding carboxylic acids is 1. The molecule has 0 saturated carbocycles. The zero-order valence-electron chi connectivity index (χ0n) is 9.52. The summed E-state index contributed by atoms with van der Waals surface area (Å²) < 4.78 is 0. The van der Waals surface area contributed by atoms with E-state index in [1.54, 1.807) is 0 Å². The maximum absolute atomic E-state index is 11.6. The minimum Gasteiger partial charge on any atom is -0.294 e. The molecule has 0 spiro atoms. The van der Waals surface area contributed by atoms with Gasteiger partial charge in [0, 0.05) is 12.0 Å². The van der Waals surface area contributed by atoms with Crippen molar-refractivity contribution >= 4 is 11.9 Å². The molecule has 16 heavy (non-hydrogen) atoms. The number of carbonyl (C=O) groups is 1. The molecule has 1 atom stereocenters. The van der Waals surface area contributed by atoms with E-state index >= 15 is 0 Å². The van der Waals surface area contributed by atoms with Gasteiger partial charge in [-0.15, -0.1) is 0 Å². The maximum Gasteiger partial charge on any atom is 0.162 e. The second kappa shape index (κ2) is 4.93. The van der Waals surface area contributed by atoms with Gasteiger partial charge in [0.2, 0.25) is 0 Å². The Labute approximate surface area is 96.5 Å². The normalized spacial score (nSPS) is 21.2. The molecule has 2 rings (SSSR count). The van der Waals surface area contributed by atoms with Crippen LogP contribution in [0, 0.1) is 5.92 Å². The van der Waals surface area contributed by atoms with Crippen LogP contribution in [0.1, 0.15) is 25.3 Å². The van der Waals surface area contributed by atoms with Crippen LogP contribution in [0.2, 0.25) is 0 Å². The number of benzene rings is 1. The Morgan fingerprint density at radius 1 is 1.19 bits per heavy atom. The van der Waals surface area contributed by atoms with Gasteiger partial charge in [-0.2, -0.15) is 0 Å². The van der Waals surface area contributed by atoms with Gasteiger partial charge < -0.3 is 0 Å². The lowest BCUT2D eigenvalue weighted by atomic mass is 9.90. The van der Waals surface area contributed by atoms with Gasteiger partial charge in [0.15, 0.2) is 5.78 Å². The summed E-state index contributed by atoms with van der Waals surface area (Å²) in [5.41, 5.74) is 2.00. The molecule has 0 aromatic heterocycles. The Balaban J connectivity index is 2.15. The molecule has 82 valence electrons. The van der Waals surface area contributed by atoms with Crippen LogP contribution in [0.15, 0.2) is 48.1 Å². The number of rotatable bonds is 2. The van der Waals surface area contributed by atoms with E-state index in [1.165, 1.54) is 0 Å². The highest BCUT2D eigenvalue weighted by Crippen LogP contribution is 2.21. The largest absolute Gasteiger partial charge is 0.294 e. The fraction of sp³-hybridized carbons (Fsp3) is 0.267. The Morgan fingerprint density at radius 3 is 2.69 bits per heavy atom. The third-order valence-electron chi connectivity index (χ3n) is 2.87. The van der Waals surface area contributed by atoms with E-state index in [-0.39, 0.29) is 5.78 Å². The molecule has 1 aromatic rings. The molecule has 0 N–H and O–H groups in total. The highest BCUT2D eigenvalue weighted by Gasteiger charge is 2.15. The first-order chi connectivity index (χ1) is 7.75. The first-order valence-electron chi connectivity index (χ1n) is 5.74. The average Bonchev–Trinajstić information content (AvgIpc) is 2.32. The zero-order valence-corrected chi connectivity index (χ0v) is 9.52. The minimum atomic E-state index is 0.269. The van der Waals surface area contributed by atoms with Crippen molar-refractivity contribution in [1.82, 2.24) is 0 Å². The lowest BCUT2D eigenvalue weighted by Gasteiger charge is -2.13. The minimum absolute atomic E-state index is 0.269. The molecule has 0 aliphatic heterocycles. The summed E-state index contributed by atoms with van der Waals surface area (Å²) in [5, 5.41) is 0. The lowest BCUT2D eigenvalue weighted by molar-refractivity contribution is -0.115. The SMILES string of the molecule is CC1C=C(/C=C/c2ccccc2)C(=O)CC1. The Morgan fingerprint density at radius 2 is 1.94 bits per heavy atom. The topological polar surface area (TPSA) is 17.1 Å². The number of ketones is 1. The van der Waals surface area contributed by atoms with Gasteiger partial charge in [0.25, 0.3) is 0 Å². The van der Waals surface area contributed by atoms with Crippen LogP contribution >= 0.6 is 0 Å². The fourth-order valence-corrected chi connectivity index (χ4v) is 1.88. The van der Waals surface area contributed by atoms with Gasteiger partial charge in [0.1, 0.15) is 0 Å². The summed E-state index contributed by atoms with van der Waals surface area (Å²) in [4.78, 5) is 11.6. The van der Waals surface area contributed by atoms with Crippen LogP contribution in [0.3, 0.4) is 0 Å². The van der Waals surface area contributed by atoms with Crippen LogP contribution < -0.4 is 0 Å². The Hall–Kier alpha value is -1.63. The van der Waals surface area contributed by atoms with E-state index in [2.05, 4.69) is 13.0 Å². The molecule has 0 amide bonds. The number of allylic oxidation sites excluding steroid dienone is 3. The molecular formula is C15H16O. The van der Waals surface area contributed by atoms with Crippen LogP contribution in [-0.2, 0) is 4.79 Å². The molecule has 0 saturated heterocycles. The quantitative estimate of drug-likeness (QED) is 0.731. The van der Waals surface area contributed by atoms with Gasteiger partial charge >= 0.3 is 0 Å². The third kappa shape index (κ3) is 2.69. The standard InChI is InChI=1S/C15H16O/c1-12-7-10-15(16)14(11-12)9-8-13-5-3-2-4-6-13/h2-6,8-9,11-12H,7,10H2,1H3/b9-8+. The number of Topliss-reactive ketones (excluding diaryl/α,β-unsaturated/α-hetero) is 1. The summed E-state index contributed by atoms with van der Waals surface area (Å²) in [6.45, 7) is 2.16. The summed E-state index contributed by atoms with van der Waals surface area (Å²) in [6, 6.07) is 10.1. The zero-order chi connectivity index (χ0) is 11.4. The van der Waals surface area contributed by atoms with E-state index in [0.29, 0.717) is 12.3 Å². The van der Waals surface area contributed by atoms with Gasteiger partial charge in [-0.3, -0.25) is 4.79 Å². The second-order valence-electron chi connectivity index (χ2n) is 4.31. The van der Waals surface area contributed by atoms with Crippen molar-refractivity contribution in [3.05, 3.63) is 53.6 Å². The van der Waals surface area contributed by atoms with E-state index in [9.17, 15) is 4.79 Å². The summed E-state index contributed by atoms with van der Waals surface area (Å²) in [5.74, 6) is 0.790. The molecule has 0 heterocycles. The molecule has 1 nitrogen and oxygen atoms in total. The van der Waals surface area contributed by atoms with Crippen molar-refractivity contribution in [2.75, 3.05) is 0 Å². The van der Waals surface area contributed by atoms with E-state index in [0.717, 1.165) is 17.6 Å². The lowest BCUT2D eigenvalue weighted by Crippen LogP contribution is -2.10. The molecule has 0 bridgehead atoms. The van der Waals surface area contributed by atoms with Crippen molar-refractivity contribution in [3.63, 3.8) is 0 Å². The van der Waals surface area contributed by atoms with Gasteiger partial charge in [-0.25, -0.2) is 0 Å². The molecule has 1 aromatic carbocycles. The summed E-state index contributed by atoms with van der Waals surface area (Å²) in [6.07, 6.45) is 7.69. The average molecular weight is 212 g/mol. The van der Waals surface area contributed by atoms with Crippen molar-refractivity contribution < 1.29 is 4.79 Å². The highest BCUT2D eigenvalue weighted by molar-refractivity contribution is 5.99. The van der Waals surface area contributed by atoms with E-state index in [1.807, 2.05) is 42.5 Å². The number of hydrogen-bond acceptors (Lipinski definition) is 1. The molecule has 1 unspecified atom stereocenters. The third-order valence-corrected chi connectivity index (χ3v) is 2.87. The van der Waals surface area contributed by atoms with E-state index < -0.39 is 0 Å². The predicted molar refractivity (Wildman–Crippen MR) is 67.0 cm³/mol. The van der Waals surface area contributed by atoms with Crippen LogP contribution in [0.25, 0.3) is 6.08 Å². The molecule has 0 radical (unpaired) electrons. The molecule has 1 heteroatoms. The van der Waals surface area contributed by atoms with Crippen LogP contribution in [-0.4, -0.2) is 5.78 Å². The van der Waals surface area contributed by atoms with Crippen molar-refractivity contribution in [3.8, 4) is 0 Å².